The van der Waals surface area contributed by atoms with Crippen LogP contribution < -0.4 is 0 Å². The van der Waals surface area contributed by atoms with E-state index in [4.69, 9.17) is 14.7 Å². The number of rotatable bonds is 12. The molecule has 0 aliphatic carbocycles. The topological polar surface area (TPSA) is 114 Å². The van der Waals surface area contributed by atoms with E-state index in [1.807, 2.05) is 54.7 Å². The number of hydrogen-bond acceptors (Lipinski definition) is 8. The highest BCUT2D eigenvalue weighted by atomic mass is 32.3. The lowest BCUT2D eigenvalue weighted by Gasteiger charge is -2.39. The highest BCUT2D eigenvalue weighted by molar-refractivity contribution is 8.32. The minimum absolute atomic E-state index is 0.200. The van der Waals surface area contributed by atoms with Crippen molar-refractivity contribution in [1.82, 2.24) is 34.1 Å². The zero-order valence-corrected chi connectivity index (χ0v) is 26.8. The smallest absolute Gasteiger partial charge is 0.410 e. The predicted octanol–water partition coefficient (Wildman–Crippen LogP) is 4.58. The number of piperazine rings is 1. The van der Waals surface area contributed by atoms with Gasteiger partial charge in [-0.2, -0.15) is 10.4 Å². The van der Waals surface area contributed by atoms with E-state index in [9.17, 15) is 4.79 Å². The van der Waals surface area contributed by atoms with Crippen LogP contribution in [0.1, 0.15) is 40.0 Å². The molecule has 0 bridgehead atoms. The summed E-state index contributed by atoms with van der Waals surface area (Å²) in [6, 6.07) is 4.50. The molecule has 11 nitrogen and oxygen atoms in total. The van der Waals surface area contributed by atoms with E-state index < -0.39 is 15.6 Å². The fraction of sp³-hybridized carbons (Fsp3) is 0.633. The summed E-state index contributed by atoms with van der Waals surface area (Å²) < 4.78 is 15.5. The third-order valence-electron chi connectivity index (χ3n) is 7.24. The lowest BCUT2D eigenvalue weighted by atomic mass is 10.1. The summed E-state index contributed by atoms with van der Waals surface area (Å²) in [5, 5.41) is 14.8. The van der Waals surface area contributed by atoms with Crippen LogP contribution >= 0.6 is 10.0 Å². The molecule has 0 spiro atoms. The molecule has 1 atom stereocenters. The first-order chi connectivity index (χ1) is 19.9. The van der Waals surface area contributed by atoms with Gasteiger partial charge in [-0.05, 0) is 58.4 Å². The third-order valence-corrected chi connectivity index (χ3v) is 8.63. The number of amides is 1. The minimum atomic E-state index is -0.590. The van der Waals surface area contributed by atoms with Crippen LogP contribution in [0.25, 0.3) is 22.3 Å². The van der Waals surface area contributed by atoms with Gasteiger partial charge < -0.3 is 18.9 Å². The van der Waals surface area contributed by atoms with Crippen molar-refractivity contribution < 1.29 is 14.3 Å². The molecule has 1 fully saturated rings. The molecule has 1 amide bonds. The van der Waals surface area contributed by atoms with Crippen molar-refractivity contribution in [2.24, 2.45) is 0 Å². The molecule has 1 aliphatic heterocycles. The van der Waals surface area contributed by atoms with E-state index in [0.717, 1.165) is 60.6 Å². The predicted molar refractivity (Wildman–Crippen MR) is 168 cm³/mol. The fourth-order valence-electron chi connectivity index (χ4n) is 5.01. The van der Waals surface area contributed by atoms with Crippen molar-refractivity contribution in [3.8, 4) is 17.3 Å². The summed E-state index contributed by atoms with van der Waals surface area (Å²) in [5.74, 6) is 1.07. The molecule has 1 aliphatic rings. The number of nitrogens with zero attached hydrogens (tertiary/aromatic N) is 8. The van der Waals surface area contributed by atoms with Gasteiger partial charge in [0.2, 0.25) is 0 Å². The zero-order chi connectivity index (χ0) is 30.3. The minimum Gasteiger partial charge on any atom is -0.444 e. The van der Waals surface area contributed by atoms with E-state index >= 15 is 0 Å². The summed E-state index contributed by atoms with van der Waals surface area (Å²) in [7, 11) is -0.590. The Bertz CT molecular complexity index is 1360. The van der Waals surface area contributed by atoms with Crippen molar-refractivity contribution in [1.29, 1.82) is 5.26 Å². The molecule has 1 saturated heterocycles. The Labute approximate surface area is 251 Å². The number of fused-ring (bicyclic) bond motifs is 1. The maximum atomic E-state index is 12.5. The van der Waals surface area contributed by atoms with Gasteiger partial charge in [0, 0.05) is 67.7 Å². The average Bonchev–Trinajstić information content (AvgIpc) is 3.56. The first kappa shape index (κ1) is 31.8. The number of nitriles is 1. The van der Waals surface area contributed by atoms with E-state index in [-0.39, 0.29) is 12.1 Å². The zero-order valence-electron chi connectivity index (χ0n) is 26.0. The Balaban J connectivity index is 1.42. The second-order valence-corrected chi connectivity index (χ2v) is 17.3. The largest absolute Gasteiger partial charge is 0.444 e. The lowest BCUT2D eigenvalue weighted by Crippen LogP contribution is -2.53. The molecular weight excluding hydrogens is 552 g/mol. The van der Waals surface area contributed by atoms with E-state index in [1.54, 1.807) is 11.2 Å². The Kier molecular flexibility index (Phi) is 10.5. The molecule has 0 saturated carbocycles. The Morgan fingerprint density at radius 2 is 1.93 bits per heavy atom. The van der Waals surface area contributed by atoms with Gasteiger partial charge in [-0.1, -0.05) is 0 Å². The molecule has 0 unspecified atom stereocenters. The Hall–Kier alpha value is -3.14. The van der Waals surface area contributed by atoms with Crippen molar-refractivity contribution in [3.63, 3.8) is 0 Å². The molecule has 3 aromatic rings. The van der Waals surface area contributed by atoms with E-state index in [2.05, 4.69) is 44.8 Å². The van der Waals surface area contributed by atoms with Crippen molar-refractivity contribution in [2.45, 2.75) is 65.0 Å². The molecule has 230 valence electrons. The maximum absolute atomic E-state index is 12.5. The van der Waals surface area contributed by atoms with Gasteiger partial charge in [0.15, 0.2) is 0 Å². The molecule has 3 aromatic heterocycles. The van der Waals surface area contributed by atoms with Crippen LogP contribution in [0.4, 0.5) is 4.79 Å². The van der Waals surface area contributed by atoms with Crippen LogP contribution in [0, 0.1) is 11.3 Å². The third kappa shape index (κ3) is 8.93. The summed E-state index contributed by atoms with van der Waals surface area (Å²) in [4.78, 5) is 25.9. The summed E-state index contributed by atoms with van der Waals surface area (Å²) in [6.07, 6.45) is 16.3. The standard InChI is InChI=1S/C30H46N8O3S/c1-30(2,3)41-29(39)36-15-13-35(14-16-36)25(9-7-8-11-31)21-38-20-24(19-34-38)27-26-10-12-37(28(26)33-22-32-27)23-40-17-18-42(4,5)6/h10,12,19-20,22,25H,7-9,13-18,21,23H2,1-6H3/t25-/m1/s1. The normalized spacial score (nSPS) is 16.0. The number of unbranched alkanes of at least 4 members (excludes halogenated alkanes) is 1. The molecule has 4 rings (SSSR count). The highest BCUT2D eigenvalue weighted by Crippen LogP contribution is 2.33. The number of carbonyl (C=O) groups is 1. The second kappa shape index (κ2) is 13.9. The Morgan fingerprint density at radius 3 is 2.62 bits per heavy atom. The highest BCUT2D eigenvalue weighted by Gasteiger charge is 2.29. The molecule has 0 aromatic carbocycles. The fourth-order valence-corrected chi connectivity index (χ4v) is 5.63. The van der Waals surface area contributed by atoms with Crippen molar-refractivity contribution in [3.05, 3.63) is 31.0 Å². The maximum Gasteiger partial charge on any atom is 0.410 e. The summed E-state index contributed by atoms with van der Waals surface area (Å²) in [5.41, 5.74) is 2.11. The van der Waals surface area contributed by atoms with E-state index in [0.29, 0.717) is 32.8 Å². The van der Waals surface area contributed by atoms with Crippen LogP contribution in [0.5, 0.6) is 0 Å². The van der Waals surface area contributed by atoms with Gasteiger partial charge in [-0.15, -0.1) is 0 Å². The molecular formula is C30H46N8O3S. The average molecular weight is 599 g/mol. The van der Waals surface area contributed by atoms with Gasteiger partial charge in [0.1, 0.15) is 24.3 Å². The monoisotopic (exact) mass is 598 g/mol. The number of aromatic nitrogens is 5. The quantitative estimate of drug-likeness (QED) is 0.279. The van der Waals surface area contributed by atoms with Crippen LogP contribution in [-0.2, 0) is 22.7 Å². The number of carbonyl (C=O) groups excluding carboxylic acids is 1. The molecule has 4 heterocycles. The summed E-state index contributed by atoms with van der Waals surface area (Å²) >= 11 is 0. The van der Waals surface area contributed by atoms with Gasteiger partial charge in [-0.3, -0.25) is 9.58 Å². The van der Waals surface area contributed by atoms with Crippen LogP contribution in [0.2, 0.25) is 0 Å². The lowest BCUT2D eigenvalue weighted by molar-refractivity contribution is 0.00858. The summed E-state index contributed by atoms with van der Waals surface area (Å²) in [6.45, 7) is 10.3. The SMILES string of the molecule is CC(C)(C)OC(=O)N1CCN([C@H](CCCC#N)Cn2cc(-c3ncnc4c3ccn4COCCS(C)(C)C)cn2)CC1. The molecule has 42 heavy (non-hydrogen) atoms. The van der Waals surface area contributed by atoms with Crippen LogP contribution in [-0.4, -0.2) is 109 Å². The molecule has 0 N–H and O–H groups in total. The van der Waals surface area contributed by atoms with Gasteiger partial charge in [0.05, 0.1) is 31.1 Å². The first-order valence-corrected chi connectivity index (χ1v) is 17.6. The van der Waals surface area contributed by atoms with E-state index in [1.165, 1.54) is 0 Å². The molecule has 0 radical (unpaired) electrons. The van der Waals surface area contributed by atoms with Crippen molar-refractivity contribution >= 4 is 27.2 Å². The number of hydrogen-bond donors (Lipinski definition) is 0. The second-order valence-electron chi connectivity index (χ2n) is 12.7. The Morgan fingerprint density at radius 1 is 1.17 bits per heavy atom. The van der Waals surface area contributed by atoms with Gasteiger partial charge in [0.25, 0.3) is 0 Å². The van der Waals surface area contributed by atoms with Crippen LogP contribution in [0.3, 0.4) is 0 Å². The first-order valence-electron chi connectivity index (χ1n) is 14.6. The number of ether oxygens (including phenoxy) is 2. The van der Waals surface area contributed by atoms with Gasteiger partial charge >= 0.3 is 6.09 Å². The van der Waals surface area contributed by atoms with Crippen molar-refractivity contribution in [2.75, 3.05) is 57.3 Å². The van der Waals surface area contributed by atoms with Gasteiger partial charge in [-0.25, -0.2) is 24.8 Å². The molecule has 12 heteroatoms. The van der Waals surface area contributed by atoms with Crippen LogP contribution in [0.15, 0.2) is 31.0 Å².